The van der Waals surface area contributed by atoms with E-state index < -0.39 is 24.9 Å². The number of amides is 1. The molecule has 3 heterocycles. The molecule has 3 rings (SSSR count). The summed E-state index contributed by atoms with van der Waals surface area (Å²) < 4.78 is 41.8. The Kier molecular flexibility index (Phi) is 4.83. The van der Waals surface area contributed by atoms with Crippen LogP contribution in [0.25, 0.3) is 10.8 Å². The van der Waals surface area contributed by atoms with Crippen LogP contribution in [-0.2, 0) is 4.79 Å². The number of hydrogen-bond donors (Lipinski definition) is 0. The third kappa shape index (κ3) is 4.11. The van der Waals surface area contributed by atoms with E-state index >= 15 is 0 Å². The van der Waals surface area contributed by atoms with Gasteiger partial charge in [-0.15, -0.1) is 11.3 Å². The third-order valence-electron chi connectivity index (χ3n) is 3.88. The molecule has 1 aliphatic heterocycles. The fraction of sp³-hybridized carbons (Fsp3) is 0.571. The summed E-state index contributed by atoms with van der Waals surface area (Å²) in [5, 5.41) is 6.39. The van der Waals surface area contributed by atoms with E-state index in [-0.39, 0.29) is 5.92 Å². The van der Waals surface area contributed by atoms with Crippen LogP contribution < -0.4 is 0 Å². The zero-order valence-electron chi connectivity index (χ0n) is 12.6. The van der Waals surface area contributed by atoms with Crippen LogP contribution >= 0.6 is 11.3 Å². The number of halogens is 3. The second kappa shape index (κ2) is 6.88. The Hall–Kier alpha value is -1.97. The van der Waals surface area contributed by atoms with Gasteiger partial charge in [0.15, 0.2) is 5.01 Å². The number of aromatic nitrogens is 3. The first-order valence-electron chi connectivity index (χ1n) is 7.50. The van der Waals surface area contributed by atoms with Gasteiger partial charge in [0.2, 0.25) is 17.6 Å². The summed E-state index contributed by atoms with van der Waals surface area (Å²) in [6, 6.07) is 0. The number of carbonyl (C=O) groups is 1. The number of carbonyl (C=O) groups excluding carboxylic acids is 1. The van der Waals surface area contributed by atoms with E-state index in [0.717, 1.165) is 0 Å². The third-order valence-corrected chi connectivity index (χ3v) is 4.65. The number of rotatable bonds is 4. The Morgan fingerprint density at radius 3 is 2.75 bits per heavy atom. The van der Waals surface area contributed by atoms with Crippen molar-refractivity contribution in [3.8, 4) is 10.8 Å². The standard InChI is InChI=1S/C14H15F3N4O2S/c15-14(16,17)4-1-10(22)21-6-2-9(3-7-21)12-19-11(20-23-12)13-18-5-8-24-13/h5,8-9H,1-4,6-7H2. The van der Waals surface area contributed by atoms with Crippen molar-refractivity contribution >= 4 is 17.2 Å². The summed E-state index contributed by atoms with van der Waals surface area (Å²) in [5.41, 5.74) is 0. The predicted octanol–water partition coefficient (Wildman–Crippen LogP) is 3.24. The summed E-state index contributed by atoms with van der Waals surface area (Å²) >= 11 is 1.41. The minimum Gasteiger partial charge on any atom is -0.343 e. The van der Waals surface area contributed by atoms with Gasteiger partial charge in [-0.25, -0.2) is 4.98 Å². The van der Waals surface area contributed by atoms with Crippen LogP contribution in [0.1, 0.15) is 37.5 Å². The molecule has 0 spiro atoms. The molecule has 0 aliphatic carbocycles. The van der Waals surface area contributed by atoms with Gasteiger partial charge in [-0.1, -0.05) is 5.16 Å². The van der Waals surface area contributed by atoms with Gasteiger partial charge in [-0.2, -0.15) is 18.2 Å². The van der Waals surface area contributed by atoms with Gasteiger partial charge in [0, 0.05) is 37.0 Å². The molecular formula is C14H15F3N4O2S. The largest absolute Gasteiger partial charge is 0.389 e. The van der Waals surface area contributed by atoms with Gasteiger partial charge < -0.3 is 9.42 Å². The topological polar surface area (TPSA) is 72.1 Å². The Morgan fingerprint density at radius 1 is 1.38 bits per heavy atom. The molecule has 0 unspecified atom stereocenters. The van der Waals surface area contributed by atoms with E-state index in [2.05, 4.69) is 15.1 Å². The molecular weight excluding hydrogens is 345 g/mol. The van der Waals surface area contributed by atoms with E-state index in [4.69, 9.17) is 4.52 Å². The molecule has 2 aromatic heterocycles. The number of thiazole rings is 1. The maximum Gasteiger partial charge on any atom is 0.389 e. The van der Waals surface area contributed by atoms with Crippen LogP contribution in [-0.4, -0.2) is 45.2 Å². The molecule has 0 atom stereocenters. The summed E-state index contributed by atoms with van der Waals surface area (Å²) in [4.78, 5) is 21.7. The fourth-order valence-electron chi connectivity index (χ4n) is 2.60. The number of alkyl halides is 3. The lowest BCUT2D eigenvalue weighted by molar-refractivity contribution is -0.149. The smallest absolute Gasteiger partial charge is 0.343 e. The van der Waals surface area contributed by atoms with E-state index in [1.54, 1.807) is 6.20 Å². The van der Waals surface area contributed by atoms with Crippen molar-refractivity contribution in [3.63, 3.8) is 0 Å². The fourth-order valence-corrected chi connectivity index (χ4v) is 3.17. The van der Waals surface area contributed by atoms with Gasteiger partial charge in [-0.3, -0.25) is 4.79 Å². The molecule has 0 saturated carbocycles. The molecule has 1 fully saturated rings. The Balaban J connectivity index is 1.53. The molecule has 10 heteroatoms. The summed E-state index contributed by atoms with van der Waals surface area (Å²) in [6.45, 7) is 0.798. The molecule has 24 heavy (non-hydrogen) atoms. The minimum absolute atomic E-state index is 0.0119. The quantitative estimate of drug-likeness (QED) is 0.837. The molecule has 1 amide bonds. The number of hydrogen-bond acceptors (Lipinski definition) is 6. The van der Waals surface area contributed by atoms with Crippen LogP contribution in [0.15, 0.2) is 16.1 Å². The minimum atomic E-state index is -4.30. The molecule has 130 valence electrons. The number of nitrogens with zero attached hydrogens (tertiary/aromatic N) is 4. The maximum atomic E-state index is 12.2. The SMILES string of the molecule is O=C(CCC(F)(F)F)N1CCC(c2nc(-c3nccs3)no2)CC1. The Morgan fingerprint density at radius 2 is 2.12 bits per heavy atom. The van der Waals surface area contributed by atoms with Gasteiger partial charge in [0.25, 0.3) is 0 Å². The average Bonchev–Trinajstić information content (AvgIpc) is 3.23. The summed E-state index contributed by atoms with van der Waals surface area (Å²) in [5.74, 6) is 0.476. The van der Waals surface area contributed by atoms with Crippen LogP contribution in [0, 0.1) is 0 Å². The second-order valence-corrected chi connectivity index (χ2v) is 6.46. The van der Waals surface area contributed by atoms with Crippen LogP contribution in [0.5, 0.6) is 0 Å². The lowest BCUT2D eigenvalue weighted by atomic mass is 9.96. The predicted molar refractivity (Wildman–Crippen MR) is 79.3 cm³/mol. The monoisotopic (exact) mass is 360 g/mol. The first-order chi connectivity index (χ1) is 11.4. The first-order valence-corrected chi connectivity index (χ1v) is 8.38. The lowest BCUT2D eigenvalue weighted by Gasteiger charge is -2.30. The molecule has 0 bridgehead atoms. The zero-order valence-corrected chi connectivity index (χ0v) is 13.4. The van der Waals surface area contributed by atoms with Gasteiger partial charge >= 0.3 is 6.18 Å². The summed E-state index contributed by atoms with van der Waals surface area (Å²) in [7, 11) is 0. The highest BCUT2D eigenvalue weighted by atomic mass is 32.1. The molecule has 0 radical (unpaired) electrons. The highest BCUT2D eigenvalue weighted by Crippen LogP contribution is 2.30. The van der Waals surface area contributed by atoms with Crippen LogP contribution in [0.3, 0.4) is 0 Å². The van der Waals surface area contributed by atoms with Crippen LogP contribution in [0.4, 0.5) is 13.2 Å². The second-order valence-electron chi connectivity index (χ2n) is 5.56. The van der Waals surface area contributed by atoms with Crippen molar-refractivity contribution in [3.05, 3.63) is 17.5 Å². The first kappa shape index (κ1) is 16.9. The molecule has 1 aliphatic rings. The van der Waals surface area contributed by atoms with Crippen molar-refractivity contribution in [2.45, 2.75) is 37.8 Å². The molecule has 1 saturated heterocycles. The lowest BCUT2D eigenvalue weighted by Crippen LogP contribution is -2.38. The van der Waals surface area contributed by atoms with Gasteiger partial charge in [0.05, 0.1) is 6.42 Å². The van der Waals surface area contributed by atoms with E-state index in [1.165, 1.54) is 16.2 Å². The van der Waals surface area contributed by atoms with E-state index in [1.807, 2.05) is 5.38 Å². The zero-order chi connectivity index (χ0) is 17.2. The maximum absolute atomic E-state index is 12.2. The van der Waals surface area contributed by atoms with Crippen molar-refractivity contribution < 1.29 is 22.5 Å². The highest BCUT2D eigenvalue weighted by molar-refractivity contribution is 7.12. The number of likely N-dealkylation sites (tertiary alicyclic amines) is 1. The normalized spacial score (nSPS) is 16.5. The van der Waals surface area contributed by atoms with Crippen molar-refractivity contribution in [1.82, 2.24) is 20.0 Å². The van der Waals surface area contributed by atoms with Gasteiger partial charge in [-0.05, 0) is 12.8 Å². The van der Waals surface area contributed by atoms with Gasteiger partial charge in [0.1, 0.15) is 0 Å². The van der Waals surface area contributed by atoms with Crippen molar-refractivity contribution in [2.75, 3.05) is 13.1 Å². The Labute approximate surface area is 139 Å². The van der Waals surface area contributed by atoms with Crippen LogP contribution in [0.2, 0.25) is 0 Å². The highest BCUT2D eigenvalue weighted by Gasteiger charge is 2.31. The molecule has 2 aromatic rings. The summed E-state index contributed by atoms with van der Waals surface area (Å²) in [6.07, 6.45) is -3.03. The molecule has 0 N–H and O–H groups in total. The number of piperidine rings is 1. The van der Waals surface area contributed by atoms with Crippen molar-refractivity contribution in [1.29, 1.82) is 0 Å². The average molecular weight is 360 g/mol. The Bertz CT molecular complexity index is 679. The van der Waals surface area contributed by atoms with E-state index in [9.17, 15) is 18.0 Å². The molecule has 6 nitrogen and oxygen atoms in total. The van der Waals surface area contributed by atoms with E-state index in [0.29, 0.717) is 42.7 Å². The molecule has 0 aromatic carbocycles. The van der Waals surface area contributed by atoms with Crippen molar-refractivity contribution in [2.24, 2.45) is 0 Å².